The molecule has 0 saturated heterocycles. The van der Waals surface area contributed by atoms with Crippen molar-refractivity contribution >= 4 is 11.6 Å². The summed E-state index contributed by atoms with van der Waals surface area (Å²) in [5.41, 5.74) is 8.42. The first-order chi connectivity index (χ1) is 7.63. The molecule has 2 aromatic rings. The molecular weight excluding hydrogens is 226 g/mol. The van der Waals surface area contributed by atoms with Gasteiger partial charge in [0.25, 0.3) is 0 Å². The van der Waals surface area contributed by atoms with E-state index in [1.807, 2.05) is 24.6 Å². The van der Waals surface area contributed by atoms with Crippen molar-refractivity contribution in [3.05, 3.63) is 40.1 Å². The average Bonchev–Trinajstić information content (AvgIpc) is 2.81. The molecule has 4 nitrogen and oxygen atoms in total. The van der Waals surface area contributed by atoms with Crippen molar-refractivity contribution in [1.29, 1.82) is 0 Å². The van der Waals surface area contributed by atoms with Gasteiger partial charge in [0.2, 0.25) is 0 Å². The van der Waals surface area contributed by atoms with Crippen molar-refractivity contribution < 1.29 is 4.42 Å². The summed E-state index contributed by atoms with van der Waals surface area (Å²) in [6.45, 7) is 4.88. The van der Waals surface area contributed by atoms with Gasteiger partial charge in [-0.3, -0.25) is 4.68 Å². The van der Waals surface area contributed by atoms with Gasteiger partial charge in [-0.25, -0.2) is 0 Å². The molecule has 2 N–H and O–H groups in total. The monoisotopic (exact) mass is 239 g/mol. The molecule has 0 fully saturated rings. The highest BCUT2D eigenvalue weighted by Gasteiger charge is 2.11. The van der Waals surface area contributed by atoms with Crippen LogP contribution in [-0.4, -0.2) is 9.78 Å². The molecule has 0 aliphatic rings. The van der Waals surface area contributed by atoms with Gasteiger partial charge >= 0.3 is 0 Å². The molecule has 0 aromatic carbocycles. The Labute approximate surface area is 99.0 Å². The highest BCUT2D eigenvalue weighted by molar-refractivity contribution is 6.31. The first kappa shape index (κ1) is 11.2. The van der Waals surface area contributed by atoms with Crippen LogP contribution in [0, 0.1) is 13.8 Å². The maximum absolute atomic E-state index is 6.08. The number of hydrogen-bond donors (Lipinski definition) is 1. The van der Waals surface area contributed by atoms with E-state index in [1.54, 1.807) is 6.26 Å². The minimum absolute atomic E-state index is 0.398. The Kier molecular flexibility index (Phi) is 3.03. The van der Waals surface area contributed by atoms with Crippen LogP contribution in [0.3, 0.4) is 0 Å². The van der Waals surface area contributed by atoms with Gasteiger partial charge in [-0.1, -0.05) is 11.6 Å². The number of aryl methyl sites for hydroxylation is 1. The van der Waals surface area contributed by atoms with Gasteiger partial charge in [-0.05, 0) is 19.9 Å². The molecule has 0 aliphatic heterocycles. The Balaban J connectivity index is 2.30. The maximum Gasteiger partial charge on any atom is 0.122 e. The first-order valence-corrected chi connectivity index (χ1v) is 5.46. The Bertz CT molecular complexity index is 501. The molecule has 2 rings (SSSR count). The van der Waals surface area contributed by atoms with E-state index in [9.17, 15) is 0 Å². The van der Waals surface area contributed by atoms with Crippen molar-refractivity contribution in [1.82, 2.24) is 9.78 Å². The van der Waals surface area contributed by atoms with Crippen molar-refractivity contribution in [3.8, 4) is 0 Å². The van der Waals surface area contributed by atoms with Crippen molar-refractivity contribution in [2.45, 2.75) is 26.9 Å². The minimum atomic E-state index is 0.398. The molecule has 0 spiro atoms. The van der Waals surface area contributed by atoms with Crippen LogP contribution >= 0.6 is 11.6 Å². The molecule has 2 heterocycles. The lowest BCUT2D eigenvalue weighted by Crippen LogP contribution is -2.06. The molecular formula is C11H14ClN3O. The fraction of sp³-hybridized carbons (Fsp3) is 0.364. The second kappa shape index (κ2) is 4.31. The summed E-state index contributed by atoms with van der Waals surface area (Å²) in [4.78, 5) is 0. The van der Waals surface area contributed by atoms with Crippen LogP contribution in [0.4, 0.5) is 0 Å². The largest absolute Gasteiger partial charge is 0.468 e. The maximum atomic E-state index is 6.08. The quantitative estimate of drug-likeness (QED) is 0.894. The van der Waals surface area contributed by atoms with Crippen LogP contribution in [-0.2, 0) is 13.1 Å². The topological polar surface area (TPSA) is 57.0 Å². The summed E-state index contributed by atoms with van der Waals surface area (Å²) in [6.07, 6.45) is 1.64. The molecule has 0 atom stereocenters. The Morgan fingerprint density at radius 3 is 2.81 bits per heavy atom. The van der Waals surface area contributed by atoms with Crippen molar-refractivity contribution in [2.24, 2.45) is 5.73 Å². The second-order valence-electron chi connectivity index (χ2n) is 3.72. The molecule has 0 aliphatic carbocycles. The molecule has 0 unspecified atom stereocenters. The summed E-state index contributed by atoms with van der Waals surface area (Å²) in [7, 11) is 0. The van der Waals surface area contributed by atoms with E-state index in [0.29, 0.717) is 13.1 Å². The predicted octanol–water partition coefficient (Wildman–Crippen LogP) is 2.25. The Morgan fingerprint density at radius 2 is 2.25 bits per heavy atom. The third-order valence-corrected chi connectivity index (χ3v) is 3.18. The van der Waals surface area contributed by atoms with E-state index in [0.717, 1.165) is 27.7 Å². The van der Waals surface area contributed by atoms with E-state index in [1.165, 1.54) is 0 Å². The Hall–Kier alpha value is -1.26. The second-order valence-corrected chi connectivity index (χ2v) is 4.09. The van der Waals surface area contributed by atoms with Gasteiger partial charge in [0.05, 0.1) is 35.8 Å². The number of rotatable bonds is 3. The number of aromatic nitrogens is 2. The fourth-order valence-electron chi connectivity index (χ4n) is 1.68. The SMILES string of the molecule is Cc1nn(Cc2ccoc2CN)c(C)c1Cl. The Morgan fingerprint density at radius 1 is 1.50 bits per heavy atom. The van der Waals surface area contributed by atoms with Crippen LogP contribution in [0.25, 0.3) is 0 Å². The summed E-state index contributed by atoms with van der Waals surface area (Å²) in [5.74, 6) is 0.795. The number of hydrogen-bond acceptors (Lipinski definition) is 3. The van der Waals surface area contributed by atoms with Gasteiger partial charge < -0.3 is 10.2 Å². The number of halogens is 1. The summed E-state index contributed by atoms with van der Waals surface area (Å²) in [6, 6.07) is 1.91. The van der Waals surface area contributed by atoms with Crippen LogP contribution in [0.1, 0.15) is 22.7 Å². The smallest absolute Gasteiger partial charge is 0.122 e. The van der Waals surface area contributed by atoms with Crippen LogP contribution in [0.5, 0.6) is 0 Å². The summed E-state index contributed by atoms with van der Waals surface area (Å²) >= 11 is 6.08. The highest BCUT2D eigenvalue weighted by atomic mass is 35.5. The molecule has 0 radical (unpaired) electrons. The standard InChI is InChI=1S/C11H14ClN3O/c1-7-11(12)8(2)15(14-7)6-9-3-4-16-10(9)5-13/h3-4H,5-6,13H2,1-2H3. The molecule has 86 valence electrons. The summed E-state index contributed by atoms with van der Waals surface area (Å²) in [5, 5.41) is 5.08. The average molecular weight is 240 g/mol. The normalized spacial score (nSPS) is 11.0. The van der Waals surface area contributed by atoms with Gasteiger partial charge in [0, 0.05) is 5.56 Å². The molecule has 16 heavy (non-hydrogen) atoms. The minimum Gasteiger partial charge on any atom is -0.468 e. The molecule has 0 bridgehead atoms. The lowest BCUT2D eigenvalue weighted by molar-refractivity contribution is 0.503. The van der Waals surface area contributed by atoms with Gasteiger partial charge in [-0.15, -0.1) is 0 Å². The predicted molar refractivity (Wildman–Crippen MR) is 62.4 cm³/mol. The van der Waals surface area contributed by atoms with E-state index in [-0.39, 0.29) is 0 Å². The zero-order valence-corrected chi connectivity index (χ0v) is 10.1. The van der Waals surface area contributed by atoms with Gasteiger partial charge in [0.15, 0.2) is 0 Å². The first-order valence-electron chi connectivity index (χ1n) is 5.08. The van der Waals surface area contributed by atoms with E-state index in [2.05, 4.69) is 5.10 Å². The zero-order chi connectivity index (χ0) is 11.7. The lowest BCUT2D eigenvalue weighted by Gasteiger charge is -2.03. The lowest BCUT2D eigenvalue weighted by atomic mass is 10.2. The molecule has 0 amide bonds. The summed E-state index contributed by atoms with van der Waals surface area (Å²) < 4.78 is 7.13. The van der Waals surface area contributed by atoms with Crippen LogP contribution < -0.4 is 5.73 Å². The zero-order valence-electron chi connectivity index (χ0n) is 9.33. The molecule has 5 heteroatoms. The number of nitrogens with zero attached hydrogens (tertiary/aromatic N) is 2. The van der Waals surface area contributed by atoms with Crippen molar-refractivity contribution in [2.75, 3.05) is 0 Å². The van der Waals surface area contributed by atoms with E-state index in [4.69, 9.17) is 21.8 Å². The molecule has 0 saturated carbocycles. The van der Waals surface area contributed by atoms with E-state index >= 15 is 0 Å². The number of nitrogens with two attached hydrogens (primary N) is 1. The van der Waals surface area contributed by atoms with Crippen LogP contribution in [0.2, 0.25) is 5.02 Å². The number of furan rings is 1. The van der Waals surface area contributed by atoms with Crippen molar-refractivity contribution in [3.63, 3.8) is 0 Å². The van der Waals surface area contributed by atoms with Crippen LogP contribution in [0.15, 0.2) is 16.7 Å². The third-order valence-electron chi connectivity index (χ3n) is 2.64. The van der Waals surface area contributed by atoms with Gasteiger partial charge in [0.1, 0.15) is 5.76 Å². The highest BCUT2D eigenvalue weighted by Crippen LogP contribution is 2.20. The van der Waals surface area contributed by atoms with E-state index < -0.39 is 0 Å². The molecule has 2 aromatic heterocycles. The fourth-order valence-corrected chi connectivity index (χ4v) is 1.81. The third kappa shape index (κ3) is 1.86. The van der Waals surface area contributed by atoms with Gasteiger partial charge in [-0.2, -0.15) is 5.10 Å².